The minimum absolute atomic E-state index is 0.186. The molecule has 7 nitrogen and oxygen atoms in total. The molecule has 0 bridgehead atoms. The van der Waals surface area contributed by atoms with Crippen molar-refractivity contribution in [3.8, 4) is 0 Å². The number of likely N-dealkylation sites (tertiary alicyclic amines) is 1. The van der Waals surface area contributed by atoms with Gasteiger partial charge >= 0.3 is 0 Å². The second kappa shape index (κ2) is 8.88. The van der Waals surface area contributed by atoms with Gasteiger partial charge in [0.15, 0.2) is 11.5 Å². The molecule has 2 N–H and O–H groups in total. The van der Waals surface area contributed by atoms with Gasteiger partial charge in [0.25, 0.3) is 5.91 Å². The fourth-order valence-corrected chi connectivity index (χ4v) is 3.58. The van der Waals surface area contributed by atoms with Crippen LogP contribution < -0.4 is 5.32 Å². The SMILES string of the molecule is CN1CCCCC1.CNC(=O)c1ccnc2nc(C(=O)c3cccs3)[nH]c12. The third kappa shape index (κ3) is 4.58. The monoisotopic (exact) mass is 385 g/mol. The van der Waals surface area contributed by atoms with Crippen molar-refractivity contribution >= 4 is 34.2 Å². The average Bonchev–Trinajstić information content (AvgIpc) is 3.37. The summed E-state index contributed by atoms with van der Waals surface area (Å²) in [6.45, 7) is 2.64. The van der Waals surface area contributed by atoms with Crippen LogP contribution in [0.5, 0.6) is 0 Å². The summed E-state index contributed by atoms with van der Waals surface area (Å²) in [5, 5.41) is 4.37. The number of pyridine rings is 1. The molecule has 0 saturated carbocycles. The van der Waals surface area contributed by atoms with Crippen LogP contribution in [0.2, 0.25) is 0 Å². The summed E-state index contributed by atoms with van der Waals surface area (Å²) in [5.74, 6) is -0.275. The van der Waals surface area contributed by atoms with Crippen LogP contribution >= 0.6 is 11.3 Å². The molecule has 1 amide bonds. The number of H-pyrrole nitrogens is 1. The topological polar surface area (TPSA) is 91.0 Å². The lowest BCUT2D eigenvalue weighted by atomic mass is 10.1. The van der Waals surface area contributed by atoms with Crippen molar-refractivity contribution in [2.24, 2.45) is 0 Å². The zero-order valence-electron chi connectivity index (χ0n) is 15.5. The van der Waals surface area contributed by atoms with E-state index in [9.17, 15) is 9.59 Å². The first-order valence-electron chi connectivity index (χ1n) is 8.93. The number of aromatic amines is 1. The van der Waals surface area contributed by atoms with Gasteiger partial charge in [-0.1, -0.05) is 12.5 Å². The van der Waals surface area contributed by atoms with E-state index in [0.717, 1.165) is 0 Å². The van der Waals surface area contributed by atoms with Crippen LogP contribution in [0.4, 0.5) is 0 Å². The third-order valence-electron chi connectivity index (χ3n) is 4.40. The highest BCUT2D eigenvalue weighted by Gasteiger charge is 2.18. The zero-order chi connectivity index (χ0) is 19.2. The fraction of sp³-hybridized carbons (Fsp3) is 0.368. The van der Waals surface area contributed by atoms with Gasteiger partial charge in [0.05, 0.1) is 16.0 Å². The van der Waals surface area contributed by atoms with Gasteiger partial charge in [0.2, 0.25) is 5.78 Å². The predicted octanol–water partition coefficient (Wildman–Crippen LogP) is 2.71. The van der Waals surface area contributed by atoms with Gasteiger partial charge < -0.3 is 15.2 Å². The Kier molecular flexibility index (Phi) is 6.31. The maximum Gasteiger partial charge on any atom is 0.253 e. The van der Waals surface area contributed by atoms with Gasteiger partial charge in [-0.05, 0) is 50.5 Å². The van der Waals surface area contributed by atoms with Crippen LogP contribution in [0.3, 0.4) is 0 Å². The molecular weight excluding hydrogens is 362 g/mol. The molecule has 1 fully saturated rings. The maximum absolute atomic E-state index is 12.2. The molecule has 3 aromatic rings. The summed E-state index contributed by atoms with van der Waals surface area (Å²) in [5.41, 5.74) is 1.23. The molecule has 0 spiro atoms. The van der Waals surface area contributed by atoms with Crippen molar-refractivity contribution in [1.29, 1.82) is 0 Å². The first-order chi connectivity index (χ1) is 13.1. The van der Waals surface area contributed by atoms with Gasteiger partial charge in [-0.2, -0.15) is 0 Å². The van der Waals surface area contributed by atoms with Crippen molar-refractivity contribution in [3.63, 3.8) is 0 Å². The van der Waals surface area contributed by atoms with Crippen LogP contribution in [-0.2, 0) is 0 Å². The van der Waals surface area contributed by atoms with Gasteiger partial charge in [0, 0.05) is 13.2 Å². The number of piperidine rings is 1. The summed E-state index contributed by atoms with van der Waals surface area (Å²) in [6, 6.07) is 5.11. The summed E-state index contributed by atoms with van der Waals surface area (Å²) >= 11 is 1.34. The van der Waals surface area contributed by atoms with E-state index in [4.69, 9.17) is 0 Å². The van der Waals surface area contributed by atoms with Crippen LogP contribution in [0.25, 0.3) is 11.2 Å². The molecule has 142 valence electrons. The van der Waals surface area contributed by atoms with E-state index >= 15 is 0 Å². The van der Waals surface area contributed by atoms with Gasteiger partial charge in [-0.25, -0.2) is 9.97 Å². The molecule has 8 heteroatoms. The molecule has 1 saturated heterocycles. The van der Waals surface area contributed by atoms with E-state index < -0.39 is 0 Å². The minimum atomic E-state index is -0.254. The first kappa shape index (κ1) is 19.2. The quantitative estimate of drug-likeness (QED) is 0.677. The zero-order valence-corrected chi connectivity index (χ0v) is 16.3. The van der Waals surface area contributed by atoms with E-state index in [1.165, 1.54) is 49.9 Å². The number of carbonyl (C=O) groups is 2. The molecule has 0 atom stereocenters. The molecule has 0 aromatic carbocycles. The normalized spacial score (nSPS) is 14.4. The molecule has 3 aromatic heterocycles. The number of ketones is 1. The number of aromatic nitrogens is 3. The van der Waals surface area contributed by atoms with Crippen molar-refractivity contribution < 1.29 is 9.59 Å². The lowest BCUT2D eigenvalue weighted by molar-refractivity contribution is 0.0963. The van der Waals surface area contributed by atoms with Crippen molar-refractivity contribution in [3.05, 3.63) is 46.0 Å². The standard InChI is InChI=1S/C13H10N4O2S.C6H13N/c1-14-13(19)7-4-5-15-11-9(7)16-12(17-11)10(18)8-3-2-6-20-8;1-7-5-3-2-4-6-7/h2-6H,1H3,(H,14,19)(H,15,16,17);2-6H2,1H3. The Labute approximate surface area is 161 Å². The molecule has 1 aliphatic rings. The lowest BCUT2D eigenvalue weighted by Crippen LogP contribution is -2.24. The molecule has 4 heterocycles. The molecular formula is C19H23N5O2S. The highest BCUT2D eigenvalue weighted by atomic mass is 32.1. The summed E-state index contributed by atoms with van der Waals surface area (Å²) < 4.78 is 0. The van der Waals surface area contributed by atoms with E-state index in [1.807, 2.05) is 5.38 Å². The Bertz CT molecular complexity index is 913. The van der Waals surface area contributed by atoms with E-state index in [1.54, 1.807) is 25.2 Å². The molecule has 0 radical (unpaired) electrons. The average molecular weight is 385 g/mol. The first-order valence-corrected chi connectivity index (χ1v) is 9.81. The molecule has 4 rings (SSSR count). The summed E-state index contributed by atoms with van der Waals surface area (Å²) in [6.07, 6.45) is 5.77. The summed E-state index contributed by atoms with van der Waals surface area (Å²) in [4.78, 5) is 38.1. The third-order valence-corrected chi connectivity index (χ3v) is 5.27. The van der Waals surface area contributed by atoms with Crippen LogP contribution in [0.15, 0.2) is 29.8 Å². The molecule has 1 aliphatic heterocycles. The number of nitrogens with zero attached hydrogens (tertiary/aromatic N) is 3. The number of imidazole rings is 1. The largest absolute Gasteiger partial charge is 0.355 e. The lowest BCUT2D eigenvalue weighted by Gasteiger charge is -2.20. The van der Waals surface area contributed by atoms with Gasteiger partial charge in [-0.3, -0.25) is 9.59 Å². The summed E-state index contributed by atoms with van der Waals surface area (Å²) in [7, 11) is 3.74. The van der Waals surface area contributed by atoms with Crippen molar-refractivity contribution in [1.82, 2.24) is 25.2 Å². The van der Waals surface area contributed by atoms with E-state index in [0.29, 0.717) is 21.6 Å². The molecule has 27 heavy (non-hydrogen) atoms. The van der Waals surface area contributed by atoms with Gasteiger partial charge in [0.1, 0.15) is 0 Å². The number of rotatable bonds is 3. The Hall–Kier alpha value is -2.58. The molecule has 0 unspecified atom stereocenters. The smallest absolute Gasteiger partial charge is 0.253 e. The highest BCUT2D eigenvalue weighted by Crippen LogP contribution is 2.18. The van der Waals surface area contributed by atoms with E-state index in [-0.39, 0.29) is 17.5 Å². The Balaban J connectivity index is 0.000000253. The van der Waals surface area contributed by atoms with Crippen LogP contribution in [-0.4, -0.2) is 58.7 Å². The van der Waals surface area contributed by atoms with Crippen molar-refractivity contribution in [2.45, 2.75) is 19.3 Å². The second-order valence-electron chi connectivity index (χ2n) is 6.39. The molecule has 0 aliphatic carbocycles. The minimum Gasteiger partial charge on any atom is -0.355 e. The number of carbonyl (C=O) groups excluding carboxylic acids is 2. The van der Waals surface area contributed by atoms with Crippen molar-refractivity contribution in [2.75, 3.05) is 27.2 Å². The number of amides is 1. The van der Waals surface area contributed by atoms with Crippen LogP contribution in [0, 0.1) is 0 Å². The predicted molar refractivity (Wildman–Crippen MR) is 106 cm³/mol. The number of hydrogen-bond acceptors (Lipinski definition) is 6. The highest BCUT2D eigenvalue weighted by molar-refractivity contribution is 7.12. The fourth-order valence-electron chi connectivity index (χ4n) is 2.92. The number of fused-ring (bicyclic) bond motifs is 1. The van der Waals surface area contributed by atoms with Crippen LogP contribution in [0.1, 0.15) is 45.1 Å². The van der Waals surface area contributed by atoms with Gasteiger partial charge in [-0.15, -0.1) is 11.3 Å². The second-order valence-corrected chi connectivity index (χ2v) is 7.34. The number of hydrogen-bond donors (Lipinski definition) is 2. The Morgan fingerprint density at radius 1 is 1.22 bits per heavy atom. The Morgan fingerprint density at radius 3 is 2.59 bits per heavy atom. The van der Waals surface area contributed by atoms with E-state index in [2.05, 4.69) is 32.2 Å². The number of nitrogens with one attached hydrogen (secondary N) is 2. The number of thiophene rings is 1. The Morgan fingerprint density at radius 2 is 2.00 bits per heavy atom. The maximum atomic E-state index is 12.2.